The zero-order valence-electron chi connectivity index (χ0n) is 12.6. The van der Waals surface area contributed by atoms with Crippen LogP contribution < -0.4 is 5.73 Å². The summed E-state index contributed by atoms with van der Waals surface area (Å²) in [7, 11) is 0. The number of nitrogens with zero attached hydrogens (tertiary/aromatic N) is 1. The van der Waals surface area contributed by atoms with Gasteiger partial charge in [0.1, 0.15) is 0 Å². The molecule has 0 aromatic rings. The van der Waals surface area contributed by atoms with Gasteiger partial charge in [-0.2, -0.15) is 0 Å². The Bertz CT molecular complexity index is 257. The molecular formula is C16H32N2O. The van der Waals surface area contributed by atoms with Gasteiger partial charge in [-0.3, -0.25) is 4.90 Å². The minimum absolute atomic E-state index is 0.332. The van der Waals surface area contributed by atoms with Gasteiger partial charge in [-0.1, -0.05) is 26.2 Å². The average Bonchev–Trinajstić information content (AvgIpc) is 2.47. The average molecular weight is 268 g/mol. The van der Waals surface area contributed by atoms with E-state index in [0.717, 1.165) is 18.9 Å². The van der Waals surface area contributed by atoms with Crippen molar-refractivity contribution in [3.8, 4) is 0 Å². The van der Waals surface area contributed by atoms with Crippen molar-refractivity contribution < 1.29 is 5.11 Å². The molecule has 1 heterocycles. The molecule has 0 aromatic heterocycles. The van der Waals surface area contributed by atoms with E-state index in [4.69, 9.17) is 5.73 Å². The van der Waals surface area contributed by atoms with E-state index in [2.05, 4.69) is 11.8 Å². The van der Waals surface area contributed by atoms with Crippen molar-refractivity contribution in [3.05, 3.63) is 0 Å². The monoisotopic (exact) mass is 268 g/mol. The minimum Gasteiger partial charge on any atom is -0.396 e. The van der Waals surface area contributed by atoms with E-state index < -0.39 is 0 Å². The molecule has 3 nitrogen and oxygen atoms in total. The fourth-order valence-corrected chi connectivity index (χ4v) is 4.26. The quantitative estimate of drug-likeness (QED) is 0.805. The molecule has 4 atom stereocenters. The van der Waals surface area contributed by atoms with Crippen LogP contribution in [0.3, 0.4) is 0 Å². The van der Waals surface area contributed by atoms with Gasteiger partial charge in [-0.15, -0.1) is 0 Å². The summed E-state index contributed by atoms with van der Waals surface area (Å²) in [5.74, 6) is 1.58. The first-order chi connectivity index (χ1) is 9.30. The number of aliphatic hydroxyl groups excluding tert-OH is 1. The highest BCUT2D eigenvalue weighted by atomic mass is 16.3. The predicted molar refractivity (Wildman–Crippen MR) is 80.0 cm³/mol. The van der Waals surface area contributed by atoms with E-state index in [9.17, 15) is 5.11 Å². The lowest BCUT2D eigenvalue weighted by Gasteiger charge is -2.47. The van der Waals surface area contributed by atoms with Crippen molar-refractivity contribution in [2.75, 3.05) is 19.7 Å². The van der Waals surface area contributed by atoms with Gasteiger partial charge in [-0.25, -0.2) is 0 Å². The lowest BCUT2D eigenvalue weighted by Crippen LogP contribution is -2.53. The Morgan fingerprint density at radius 3 is 2.74 bits per heavy atom. The van der Waals surface area contributed by atoms with Crippen LogP contribution in [0, 0.1) is 11.8 Å². The fourth-order valence-electron chi connectivity index (χ4n) is 4.26. The van der Waals surface area contributed by atoms with Crippen LogP contribution in [0.4, 0.5) is 0 Å². The maximum atomic E-state index is 9.30. The maximum absolute atomic E-state index is 9.30. The topological polar surface area (TPSA) is 49.5 Å². The van der Waals surface area contributed by atoms with E-state index in [0.29, 0.717) is 24.6 Å². The van der Waals surface area contributed by atoms with Crippen LogP contribution in [0.25, 0.3) is 0 Å². The SMILES string of the molecule is CCC1CCC(CN)C(N2CCCCC2CCO)C1. The highest BCUT2D eigenvalue weighted by Gasteiger charge is 2.36. The summed E-state index contributed by atoms with van der Waals surface area (Å²) in [6.07, 6.45) is 10.2. The normalized spacial score (nSPS) is 37.4. The Balaban J connectivity index is 2.05. The van der Waals surface area contributed by atoms with Crippen LogP contribution in [0.5, 0.6) is 0 Å². The zero-order valence-corrected chi connectivity index (χ0v) is 12.6. The second kappa shape index (κ2) is 7.61. The molecule has 3 N–H and O–H groups in total. The van der Waals surface area contributed by atoms with Crippen molar-refractivity contribution in [2.45, 2.75) is 70.4 Å². The third-order valence-electron chi connectivity index (χ3n) is 5.51. The summed E-state index contributed by atoms with van der Waals surface area (Å²) in [5, 5.41) is 9.30. The van der Waals surface area contributed by atoms with Crippen LogP contribution >= 0.6 is 0 Å². The summed E-state index contributed by atoms with van der Waals surface area (Å²) >= 11 is 0. The number of hydrogen-bond donors (Lipinski definition) is 2. The molecule has 4 unspecified atom stereocenters. The zero-order chi connectivity index (χ0) is 13.7. The van der Waals surface area contributed by atoms with Crippen LogP contribution in [-0.4, -0.2) is 41.8 Å². The highest BCUT2D eigenvalue weighted by Crippen LogP contribution is 2.36. The van der Waals surface area contributed by atoms with Crippen molar-refractivity contribution >= 4 is 0 Å². The van der Waals surface area contributed by atoms with E-state index >= 15 is 0 Å². The summed E-state index contributed by atoms with van der Waals surface area (Å²) in [6, 6.07) is 1.29. The van der Waals surface area contributed by atoms with Gasteiger partial charge in [0.05, 0.1) is 0 Å². The van der Waals surface area contributed by atoms with Crippen LogP contribution in [0.2, 0.25) is 0 Å². The number of rotatable bonds is 5. The first-order valence-electron chi connectivity index (χ1n) is 8.36. The molecule has 3 heteroatoms. The summed E-state index contributed by atoms with van der Waals surface area (Å²) in [5.41, 5.74) is 6.03. The smallest absolute Gasteiger partial charge is 0.0445 e. The van der Waals surface area contributed by atoms with E-state index in [1.165, 1.54) is 51.5 Å². The van der Waals surface area contributed by atoms with Crippen LogP contribution in [0.15, 0.2) is 0 Å². The molecule has 0 spiro atoms. The largest absolute Gasteiger partial charge is 0.396 e. The van der Waals surface area contributed by atoms with Gasteiger partial charge in [0.15, 0.2) is 0 Å². The van der Waals surface area contributed by atoms with Gasteiger partial charge < -0.3 is 10.8 Å². The fraction of sp³-hybridized carbons (Fsp3) is 1.00. The summed E-state index contributed by atoms with van der Waals surface area (Å²) in [4.78, 5) is 2.72. The lowest BCUT2D eigenvalue weighted by atomic mass is 9.75. The second-order valence-corrected chi connectivity index (χ2v) is 6.55. The van der Waals surface area contributed by atoms with Crippen molar-refractivity contribution in [2.24, 2.45) is 17.6 Å². The van der Waals surface area contributed by atoms with Gasteiger partial charge in [0, 0.05) is 18.7 Å². The Labute approximate surface area is 118 Å². The molecule has 2 rings (SSSR count). The summed E-state index contributed by atoms with van der Waals surface area (Å²) in [6.45, 7) is 4.72. The van der Waals surface area contributed by atoms with Crippen molar-refractivity contribution in [1.29, 1.82) is 0 Å². The minimum atomic E-state index is 0.332. The van der Waals surface area contributed by atoms with Gasteiger partial charge in [0.2, 0.25) is 0 Å². The molecule has 1 aliphatic heterocycles. The Morgan fingerprint density at radius 1 is 1.21 bits per heavy atom. The lowest BCUT2D eigenvalue weighted by molar-refractivity contribution is 0.0158. The standard InChI is InChI=1S/C16H32N2O/c1-2-13-6-7-14(12-17)16(11-13)18-9-4-3-5-15(18)8-10-19/h13-16,19H,2-12,17H2,1H3. The molecule has 0 aromatic carbocycles. The van der Waals surface area contributed by atoms with E-state index in [1.807, 2.05) is 0 Å². The molecule has 2 fully saturated rings. The molecule has 112 valence electrons. The summed E-state index contributed by atoms with van der Waals surface area (Å²) < 4.78 is 0. The number of nitrogens with two attached hydrogens (primary N) is 1. The molecule has 1 saturated carbocycles. The molecule has 19 heavy (non-hydrogen) atoms. The number of hydrogen-bond acceptors (Lipinski definition) is 3. The van der Waals surface area contributed by atoms with Crippen LogP contribution in [0.1, 0.15) is 58.3 Å². The predicted octanol–water partition coefficient (Wildman–Crippen LogP) is 2.38. The number of aliphatic hydroxyl groups is 1. The van der Waals surface area contributed by atoms with Gasteiger partial charge in [-0.05, 0) is 57.0 Å². The van der Waals surface area contributed by atoms with Gasteiger partial charge in [0.25, 0.3) is 0 Å². The van der Waals surface area contributed by atoms with Crippen molar-refractivity contribution in [1.82, 2.24) is 4.90 Å². The molecule has 2 aliphatic rings. The van der Waals surface area contributed by atoms with Crippen LogP contribution in [-0.2, 0) is 0 Å². The van der Waals surface area contributed by atoms with Gasteiger partial charge >= 0.3 is 0 Å². The van der Waals surface area contributed by atoms with E-state index in [1.54, 1.807) is 0 Å². The van der Waals surface area contributed by atoms with E-state index in [-0.39, 0.29) is 0 Å². The number of piperidine rings is 1. The first-order valence-corrected chi connectivity index (χ1v) is 8.36. The number of likely N-dealkylation sites (tertiary alicyclic amines) is 1. The highest BCUT2D eigenvalue weighted by molar-refractivity contribution is 4.91. The van der Waals surface area contributed by atoms with Crippen molar-refractivity contribution in [3.63, 3.8) is 0 Å². The third-order valence-corrected chi connectivity index (χ3v) is 5.51. The first kappa shape index (κ1) is 15.3. The third kappa shape index (κ3) is 3.71. The molecule has 0 amide bonds. The molecule has 0 radical (unpaired) electrons. The maximum Gasteiger partial charge on any atom is 0.0445 e. The molecular weight excluding hydrogens is 236 g/mol. The Kier molecular flexibility index (Phi) is 6.11. The Hall–Kier alpha value is -0.120. The second-order valence-electron chi connectivity index (χ2n) is 6.55. The molecule has 1 aliphatic carbocycles. The molecule has 0 bridgehead atoms. The Morgan fingerprint density at radius 2 is 2.05 bits per heavy atom. The molecule has 1 saturated heterocycles.